The van der Waals surface area contributed by atoms with Crippen molar-refractivity contribution in [2.75, 3.05) is 45.8 Å². The first-order valence-corrected chi connectivity index (χ1v) is 11.9. The van der Waals surface area contributed by atoms with E-state index in [0.29, 0.717) is 36.7 Å². The molecule has 0 N–H and O–H groups in total. The number of aryl methyl sites for hydroxylation is 1. The van der Waals surface area contributed by atoms with Crippen molar-refractivity contribution >= 4 is 15.9 Å². The molecule has 7 heteroatoms. The quantitative estimate of drug-likeness (QED) is 0.695. The second-order valence-corrected chi connectivity index (χ2v) is 10.3. The molecular formula is C21H33N3O3S. The SMILES string of the molecule is CC(C)CN1CCN(C(=O)CCc2ccc(S(=O)(=O)N3CCCC3)cc2)CC1. The van der Waals surface area contributed by atoms with Crippen molar-refractivity contribution in [3.63, 3.8) is 0 Å². The predicted molar refractivity (Wildman–Crippen MR) is 111 cm³/mol. The molecule has 1 aromatic carbocycles. The summed E-state index contributed by atoms with van der Waals surface area (Å²) in [7, 11) is -3.36. The summed E-state index contributed by atoms with van der Waals surface area (Å²) in [5, 5.41) is 0. The van der Waals surface area contributed by atoms with Gasteiger partial charge in [0.2, 0.25) is 15.9 Å². The van der Waals surface area contributed by atoms with Gasteiger partial charge in [-0.05, 0) is 42.9 Å². The fraction of sp³-hybridized carbons (Fsp3) is 0.667. The van der Waals surface area contributed by atoms with Crippen LogP contribution >= 0.6 is 0 Å². The molecule has 156 valence electrons. The van der Waals surface area contributed by atoms with E-state index in [1.807, 2.05) is 17.0 Å². The van der Waals surface area contributed by atoms with Gasteiger partial charge in [-0.1, -0.05) is 26.0 Å². The fourth-order valence-electron chi connectivity index (χ4n) is 4.01. The second-order valence-electron chi connectivity index (χ2n) is 8.33. The van der Waals surface area contributed by atoms with Crippen LogP contribution in [0.5, 0.6) is 0 Å². The van der Waals surface area contributed by atoms with E-state index < -0.39 is 10.0 Å². The number of nitrogens with zero attached hydrogens (tertiary/aromatic N) is 3. The van der Waals surface area contributed by atoms with Crippen LogP contribution in [0.4, 0.5) is 0 Å². The van der Waals surface area contributed by atoms with Crippen LogP contribution < -0.4 is 0 Å². The standard InChI is InChI=1S/C21H33N3O3S/c1-18(2)17-22-13-15-23(16-14-22)21(25)10-7-19-5-8-20(9-6-19)28(26,27)24-11-3-4-12-24/h5-6,8-9,18H,3-4,7,10-17H2,1-2H3. The van der Waals surface area contributed by atoms with Crippen LogP contribution in [0.25, 0.3) is 0 Å². The van der Waals surface area contributed by atoms with E-state index in [0.717, 1.165) is 51.1 Å². The van der Waals surface area contributed by atoms with E-state index in [1.54, 1.807) is 16.4 Å². The molecule has 2 aliphatic rings. The molecule has 3 rings (SSSR count). The van der Waals surface area contributed by atoms with Crippen molar-refractivity contribution in [2.45, 2.75) is 44.4 Å². The van der Waals surface area contributed by atoms with Gasteiger partial charge in [0.1, 0.15) is 0 Å². The van der Waals surface area contributed by atoms with E-state index in [2.05, 4.69) is 18.7 Å². The van der Waals surface area contributed by atoms with Crippen molar-refractivity contribution in [1.82, 2.24) is 14.1 Å². The molecular weight excluding hydrogens is 374 g/mol. The largest absolute Gasteiger partial charge is 0.340 e. The molecule has 0 radical (unpaired) electrons. The number of piperazine rings is 1. The molecule has 6 nitrogen and oxygen atoms in total. The maximum Gasteiger partial charge on any atom is 0.243 e. The molecule has 1 amide bonds. The molecule has 0 saturated carbocycles. The third-order valence-corrected chi connectivity index (χ3v) is 7.51. The fourth-order valence-corrected chi connectivity index (χ4v) is 5.53. The third-order valence-electron chi connectivity index (χ3n) is 5.60. The second kappa shape index (κ2) is 9.37. The molecule has 0 bridgehead atoms. The Kier molecular flexibility index (Phi) is 7.12. The average Bonchev–Trinajstić information content (AvgIpc) is 3.22. The Bertz CT molecular complexity index is 748. The summed E-state index contributed by atoms with van der Waals surface area (Å²) in [5.41, 5.74) is 1.01. The zero-order valence-corrected chi connectivity index (χ0v) is 18.0. The molecule has 2 saturated heterocycles. The Morgan fingerprint density at radius 1 is 0.964 bits per heavy atom. The van der Waals surface area contributed by atoms with Crippen LogP contribution in [-0.4, -0.2) is 74.2 Å². The number of hydrogen-bond acceptors (Lipinski definition) is 4. The van der Waals surface area contributed by atoms with Gasteiger partial charge >= 0.3 is 0 Å². The molecule has 0 unspecified atom stereocenters. The first-order chi connectivity index (χ1) is 13.4. The summed E-state index contributed by atoms with van der Waals surface area (Å²) in [6.45, 7) is 10.3. The Morgan fingerprint density at radius 3 is 2.14 bits per heavy atom. The topological polar surface area (TPSA) is 60.9 Å². The Morgan fingerprint density at radius 2 is 1.57 bits per heavy atom. The minimum absolute atomic E-state index is 0.193. The summed E-state index contributed by atoms with van der Waals surface area (Å²) < 4.78 is 26.7. The van der Waals surface area contributed by atoms with Crippen LogP contribution in [0.2, 0.25) is 0 Å². The molecule has 2 aliphatic heterocycles. The van der Waals surface area contributed by atoms with E-state index >= 15 is 0 Å². The number of rotatable bonds is 7. The summed E-state index contributed by atoms with van der Waals surface area (Å²) in [5.74, 6) is 0.845. The van der Waals surface area contributed by atoms with Crippen LogP contribution in [0.1, 0.15) is 38.7 Å². The summed E-state index contributed by atoms with van der Waals surface area (Å²) in [4.78, 5) is 17.2. The van der Waals surface area contributed by atoms with Gasteiger partial charge in [0.15, 0.2) is 0 Å². The van der Waals surface area contributed by atoms with Gasteiger partial charge < -0.3 is 4.90 Å². The van der Waals surface area contributed by atoms with Crippen molar-refractivity contribution in [3.05, 3.63) is 29.8 Å². The van der Waals surface area contributed by atoms with Gasteiger partial charge in [-0.25, -0.2) is 8.42 Å². The first-order valence-electron chi connectivity index (χ1n) is 10.5. The van der Waals surface area contributed by atoms with Crippen LogP contribution in [0.3, 0.4) is 0 Å². The first kappa shape index (κ1) is 21.3. The number of carbonyl (C=O) groups is 1. The summed E-state index contributed by atoms with van der Waals surface area (Å²) in [6, 6.07) is 7.05. The minimum Gasteiger partial charge on any atom is -0.340 e. The lowest BCUT2D eigenvalue weighted by atomic mass is 10.1. The third kappa shape index (κ3) is 5.33. The number of carbonyl (C=O) groups excluding carboxylic acids is 1. The number of sulfonamides is 1. The lowest BCUT2D eigenvalue weighted by Crippen LogP contribution is -2.49. The van der Waals surface area contributed by atoms with Crippen molar-refractivity contribution < 1.29 is 13.2 Å². The molecule has 2 heterocycles. The Labute approximate surface area is 169 Å². The van der Waals surface area contributed by atoms with E-state index in [9.17, 15) is 13.2 Å². The molecule has 0 aliphatic carbocycles. The normalized spacial score (nSPS) is 19.5. The average molecular weight is 408 g/mol. The molecule has 2 fully saturated rings. The van der Waals surface area contributed by atoms with Gasteiger partial charge in [-0.15, -0.1) is 0 Å². The Balaban J connectivity index is 1.48. The van der Waals surface area contributed by atoms with Crippen molar-refractivity contribution in [2.24, 2.45) is 5.92 Å². The molecule has 0 spiro atoms. The molecule has 0 atom stereocenters. The highest BCUT2D eigenvalue weighted by molar-refractivity contribution is 7.89. The van der Waals surface area contributed by atoms with Crippen LogP contribution in [-0.2, 0) is 21.2 Å². The van der Waals surface area contributed by atoms with Gasteiger partial charge in [0, 0.05) is 52.2 Å². The molecule has 28 heavy (non-hydrogen) atoms. The lowest BCUT2D eigenvalue weighted by molar-refractivity contribution is -0.132. The smallest absolute Gasteiger partial charge is 0.243 e. The van der Waals surface area contributed by atoms with Gasteiger partial charge in [0.05, 0.1) is 4.90 Å². The minimum atomic E-state index is -3.36. The number of amides is 1. The molecule has 1 aromatic rings. The van der Waals surface area contributed by atoms with Gasteiger partial charge in [-0.2, -0.15) is 4.31 Å². The Hall–Kier alpha value is -1.44. The maximum atomic E-state index is 12.6. The van der Waals surface area contributed by atoms with Crippen LogP contribution in [0.15, 0.2) is 29.2 Å². The van der Waals surface area contributed by atoms with E-state index in [1.165, 1.54) is 0 Å². The van der Waals surface area contributed by atoms with Crippen molar-refractivity contribution in [3.8, 4) is 0 Å². The summed E-state index contributed by atoms with van der Waals surface area (Å²) in [6.07, 6.45) is 2.99. The van der Waals surface area contributed by atoms with Gasteiger partial charge in [0.25, 0.3) is 0 Å². The van der Waals surface area contributed by atoms with Crippen LogP contribution in [0, 0.1) is 5.92 Å². The monoisotopic (exact) mass is 407 g/mol. The zero-order chi connectivity index (χ0) is 20.1. The predicted octanol–water partition coefficient (Wildman–Crippen LogP) is 2.20. The van der Waals surface area contributed by atoms with E-state index in [-0.39, 0.29) is 5.91 Å². The highest BCUT2D eigenvalue weighted by atomic mass is 32.2. The number of hydrogen-bond donors (Lipinski definition) is 0. The van der Waals surface area contributed by atoms with E-state index in [4.69, 9.17) is 0 Å². The zero-order valence-electron chi connectivity index (χ0n) is 17.1. The highest BCUT2D eigenvalue weighted by Gasteiger charge is 2.27. The maximum absolute atomic E-state index is 12.6. The highest BCUT2D eigenvalue weighted by Crippen LogP contribution is 2.21. The molecule has 0 aromatic heterocycles. The number of benzene rings is 1. The van der Waals surface area contributed by atoms with Crippen molar-refractivity contribution in [1.29, 1.82) is 0 Å². The van der Waals surface area contributed by atoms with Gasteiger partial charge in [-0.3, -0.25) is 9.69 Å². The lowest BCUT2D eigenvalue weighted by Gasteiger charge is -2.35. The summed E-state index contributed by atoms with van der Waals surface area (Å²) >= 11 is 0.